The minimum Gasteiger partial charge on any atom is -0.441 e. The van der Waals surface area contributed by atoms with E-state index in [1.807, 2.05) is 6.07 Å². The maximum atomic E-state index is 5.72. The molecule has 0 atom stereocenters. The van der Waals surface area contributed by atoms with Crippen LogP contribution in [0.3, 0.4) is 0 Å². The molecule has 0 bridgehead atoms. The van der Waals surface area contributed by atoms with Crippen LogP contribution in [0.5, 0.6) is 0 Å². The Morgan fingerprint density at radius 3 is 3.07 bits per heavy atom. The molecular weight excluding hydrogens is 214 g/mol. The van der Waals surface area contributed by atoms with E-state index in [1.54, 1.807) is 6.07 Å². The van der Waals surface area contributed by atoms with Gasteiger partial charge in [-0.25, -0.2) is 4.98 Å². The molecule has 0 aromatic carbocycles. The summed E-state index contributed by atoms with van der Waals surface area (Å²) in [4.78, 5) is 7.72. The van der Waals surface area contributed by atoms with Gasteiger partial charge in [-0.05, 0) is 23.7 Å². The smallest absolute Gasteiger partial charge is 0.194 e. The number of H-pyrrole nitrogens is 1. The molecule has 0 saturated heterocycles. The summed E-state index contributed by atoms with van der Waals surface area (Å²) in [5.41, 5.74) is 2.26. The monoisotopic (exact) mass is 223 g/mol. The maximum absolute atomic E-state index is 5.72. The third kappa shape index (κ3) is 1.56. The number of imidazole rings is 1. The van der Waals surface area contributed by atoms with E-state index in [4.69, 9.17) is 16.0 Å². The summed E-state index contributed by atoms with van der Waals surface area (Å²) in [6.07, 6.45) is 0.959. The van der Waals surface area contributed by atoms with Gasteiger partial charge in [-0.15, -0.1) is 0 Å². The zero-order chi connectivity index (χ0) is 10.3. The Balaban J connectivity index is 2.02. The van der Waals surface area contributed by atoms with Crippen LogP contribution < -0.4 is 5.32 Å². The zero-order valence-corrected chi connectivity index (χ0v) is 8.77. The number of fused-ring (bicyclic) bond motifs is 1. The Morgan fingerprint density at radius 2 is 2.33 bits per heavy atom. The molecule has 0 radical (unpaired) electrons. The van der Waals surface area contributed by atoms with Gasteiger partial charge in [-0.2, -0.15) is 0 Å². The fourth-order valence-electron chi connectivity index (χ4n) is 1.78. The number of aromatic amines is 1. The fourth-order valence-corrected chi connectivity index (χ4v) is 1.92. The lowest BCUT2D eigenvalue weighted by Crippen LogP contribution is -2.23. The van der Waals surface area contributed by atoms with E-state index in [0.717, 1.165) is 36.7 Å². The van der Waals surface area contributed by atoms with E-state index >= 15 is 0 Å². The summed E-state index contributed by atoms with van der Waals surface area (Å²) in [5.74, 6) is 1.45. The summed E-state index contributed by atoms with van der Waals surface area (Å²) in [5, 5.41) is 3.67. The summed E-state index contributed by atoms with van der Waals surface area (Å²) >= 11 is 5.72. The minimum atomic E-state index is 0.387. The van der Waals surface area contributed by atoms with Crippen molar-refractivity contribution >= 4 is 11.6 Å². The molecule has 78 valence electrons. The van der Waals surface area contributed by atoms with Crippen LogP contribution in [0.2, 0.25) is 5.22 Å². The first-order chi connectivity index (χ1) is 7.33. The van der Waals surface area contributed by atoms with Crippen LogP contribution in [-0.4, -0.2) is 16.5 Å². The molecule has 3 heterocycles. The Hall–Kier alpha value is -1.26. The third-order valence-corrected chi connectivity index (χ3v) is 2.71. The van der Waals surface area contributed by atoms with E-state index in [1.165, 1.54) is 0 Å². The van der Waals surface area contributed by atoms with Gasteiger partial charge in [-0.1, -0.05) is 0 Å². The highest BCUT2D eigenvalue weighted by molar-refractivity contribution is 6.28. The molecule has 0 fully saturated rings. The summed E-state index contributed by atoms with van der Waals surface area (Å²) < 4.78 is 5.30. The average Bonchev–Trinajstić information content (AvgIpc) is 2.82. The summed E-state index contributed by atoms with van der Waals surface area (Å²) in [6, 6.07) is 3.54. The van der Waals surface area contributed by atoms with Crippen molar-refractivity contribution in [2.24, 2.45) is 0 Å². The van der Waals surface area contributed by atoms with Crippen molar-refractivity contribution in [1.82, 2.24) is 15.3 Å². The molecule has 0 unspecified atom stereocenters. The molecule has 0 saturated carbocycles. The minimum absolute atomic E-state index is 0.387. The topological polar surface area (TPSA) is 53.9 Å². The molecule has 4 nitrogen and oxygen atoms in total. The first kappa shape index (κ1) is 9.00. The molecule has 2 aromatic rings. The van der Waals surface area contributed by atoms with E-state index in [0.29, 0.717) is 11.0 Å². The first-order valence-corrected chi connectivity index (χ1v) is 5.25. The molecule has 2 aromatic heterocycles. The van der Waals surface area contributed by atoms with E-state index in [-0.39, 0.29) is 0 Å². The van der Waals surface area contributed by atoms with E-state index in [2.05, 4.69) is 15.3 Å². The standard InChI is InChI=1S/C10H10ClN3O/c11-9-2-1-8(15-9)10-13-6-3-4-12-5-7(6)14-10/h1-2,12H,3-5H2,(H,13,14). The number of furan rings is 1. The second-order valence-electron chi connectivity index (χ2n) is 3.54. The van der Waals surface area contributed by atoms with Crippen LogP contribution in [0.4, 0.5) is 0 Å². The average molecular weight is 224 g/mol. The number of nitrogens with one attached hydrogen (secondary N) is 2. The van der Waals surface area contributed by atoms with Gasteiger partial charge in [0.2, 0.25) is 0 Å². The number of halogens is 1. The van der Waals surface area contributed by atoms with Crippen molar-refractivity contribution in [3.05, 3.63) is 28.7 Å². The highest BCUT2D eigenvalue weighted by Gasteiger charge is 2.16. The quantitative estimate of drug-likeness (QED) is 0.777. The molecule has 0 aliphatic carbocycles. The van der Waals surface area contributed by atoms with Crippen molar-refractivity contribution in [2.75, 3.05) is 6.54 Å². The van der Waals surface area contributed by atoms with Crippen LogP contribution >= 0.6 is 11.6 Å². The van der Waals surface area contributed by atoms with Crippen molar-refractivity contribution in [2.45, 2.75) is 13.0 Å². The van der Waals surface area contributed by atoms with Gasteiger partial charge < -0.3 is 14.7 Å². The van der Waals surface area contributed by atoms with Crippen molar-refractivity contribution in [3.63, 3.8) is 0 Å². The molecule has 3 rings (SSSR count). The van der Waals surface area contributed by atoms with Crippen LogP contribution in [0, 0.1) is 0 Å². The van der Waals surface area contributed by atoms with E-state index in [9.17, 15) is 0 Å². The molecule has 5 heteroatoms. The van der Waals surface area contributed by atoms with Gasteiger partial charge in [0.15, 0.2) is 16.8 Å². The largest absolute Gasteiger partial charge is 0.441 e. The molecular formula is C10H10ClN3O. The van der Waals surface area contributed by atoms with Crippen LogP contribution in [0.25, 0.3) is 11.6 Å². The summed E-state index contributed by atoms with van der Waals surface area (Å²) in [6.45, 7) is 1.83. The first-order valence-electron chi connectivity index (χ1n) is 4.87. The lowest BCUT2D eigenvalue weighted by atomic mass is 10.2. The molecule has 1 aliphatic rings. The highest BCUT2D eigenvalue weighted by Crippen LogP contribution is 2.24. The van der Waals surface area contributed by atoms with Crippen LogP contribution in [0.1, 0.15) is 11.4 Å². The Morgan fingerprint density at radius 1 is 1.40 bits per heavy atom. The number of hydrogen-bond donors (Lipinski definition) is 2. The van der Waals surface area contributed by atoms with Gasteiger partial charge in [0.25, 0.3) is 0 Å². The zero-order valence-electron chi connectivity index (χ0n) is 8.01. The lowest BCUT2D eigenvalue weighted by molar-refractivity contribution is 0.580. The van der Waals surface area contributed by atoms with Crippen molar-refractivity contribution in [1.29, 1.82) is 0 Å². The molecule has 15 heavy (non-hydrogen) atoms. The molecule has 0 spiro atoms. The number of nitrogens with zero attached hydrogens (tertiary/aromatic N) is 1. The van der Waals surface area contributed by atoms with Gasteiger partial charge in [0.1, 0.15) is 0 Å². The van der Waals surface area contributed by atoms with E-state index < -0.39 is 0 Å². The predicted molar refractivity (Wildman–Crippen MR) is 56.7 cm³/mol. The fraction of sp³-hybridized carbons (Fsp3) is 0.300. The molecule has 2 N–H and O–H groups in total. The Kier molecular flexibility index (Phi) is 2.04. The Labute approximate surface area is 91.7 Å². The number of hydrogen-bond acceptors (Lipinski definition) is 3. The Bertz CT molecular complexity index is 465. The van der Waals surface area contributed by atoms with Gasteiger partial charge in [0, 0.05) is 19.5 Å². The van der Waals surface area contributed by atoms with Crippen LogP contribution in [0.15, 0.2) is 16.5 Å². The van der Waals surface area contributed by atoms with Gasteiger partial charge in [-0.3, -0.25) is 0 Å². The van der Waals surface area contributed by atoms with Crippen molar-refractivity contribution in [3.8, 4) is 11.6 Å². The normalized spacial score (nSPS) is 15.3. The van der Waals surface area contributed by atoms with Crippen LogP contribution in [-0.2, 0) is 13.0 Å². The third-order valence-electron chi connectivity index (χ3n) is 2.51. The molecule has 1 aliphatic heterocycles. The second-order valence-corrected chi connectivity index (χ2v) is 3.91. The lowest BCUT2D eigenvalue weighted by Gasteiger charge is -2.09. The van der Waals surface area contributed by atoms with Gasteiger partial charge >= 0.3 is 0 Å². The summed E-state index contributed by atoms with van der Waals surface area (Å²) in [7, 11) is 0. The second kappa shape index (κ2) is 3.40. The SMILES string of the molecule is Clc1ccc(-c2nc3c([nH]2)CNCC3)o1. The van der Waals surface area contributed by atoms with Crippen molar-refractivity contribution < 1.29 is 4.42 Å². The van der Waals surface area contributed by atoms with Gasteiger partial charge in [0.05, 0.1) is 11.4 Å². The maximum Gasteiger partial charge on any atom is 0.194 e. The number of rotatable bonds is 1. The predicted octanol–water partition coefficient (Wildman–Crippen LogP) is 1.97. The molecule has 0 amide bonds. The highest BCUT2D eigenvalue weighted by atomic mass is 35.5. The number of aromatic nitrogens is 2.